The van der Waals surface area contributed by atoms with Crippen LogP contribution in [0, 0.1) is 0 Å². The van der Waals surface area contributed by atoms with E-state index in [2.05, 4.69) is 184 Å². The molecule has 11 rings (SSSR count). The average Bonchev–Trinajstić information content (AvgIpc) is 3.73. The zero-order valence-corrected chi connectivity index (χ0v) is 28.2. The van der Waals surface area contributed by atoms with Crippen molar-refractivity contribution in [1.29, 1.82) is 0 Å². The summed E-state index contributed by atoms with van der Waals surface area (Å²) in [6.07, 6.45) is 0. The van der Waals surface area contributed by atoms with Crippen LogP contribution >= 0.6 is 0 Å². The average molecular weight is 635 g/mol. The van der Waals surface area contributed by atoms with Crippen LogP contribution in [0.4, 0.5) is 0 Å². The van der Waals surface area contributed by atoms with Gasteiger partial charge in [0.25, 0.3) is 0 Å². The molecular weight excluding hydrogens is 601 g/mol. The van der Waals surface area contributed by atoms with Crippen LogP contribution in [0.15, 0.2) is 170 Å². The largest absolute Gasteiger partial charge is 0.0725 e. The van der Waals surface area contributed by atoms with Gasteiger partial charge >= 0.3 is 0 Å². The summed E-state index contributed by atoms with van der Waals surface area (Å²) < 4.78 is 0. The fourth-order valence-corrected chi connectivity index (χ4v) is 10.0. The van der Waals surface area contributed by atoms with E-state index in [1.54, 1.807) is 0 Å². The molecule has 0 heterocycles. The molecular formula is C50H34. The van der Waals surface area contributed by atoms with E-state index in [0.29, 0.717) is 0 Å². The van der Waals surface area contributed by atoms with Crippen LogP contribution in [0.25, 0.3) is 66.4 Å². The van der Waals surface area contributed by atoms with Crippen molar-refractivity contribution in [2.45, 2.75) is 24.7 Å². The quantitative estimate of drug-likeness (QED) is 0.177. The Hall–Kier alpha value is -5.98. The Kier molecular flexibility index (Phi) is 5.47. The molecule has 0 fully saturated rings. The highest BCUT2D eigenvalue weighted by Crippen LogP contribution is 2.64. The lowest BCUT2D eigenvalue weighted by molar-refractivity contribution is 0.660. The summed E-state index contributed by atoms with van der Waals surface area (Å²) in [6, 6.07) is 64.0. The molecule has 0 radical (unpaired) electrons. The maximum Gasteiger partial charge on any atom is 0.0725 e. The Morgan fingerprint density at radius 1 is 0.300 bits per heavy atom. The predicted octanol–water partition coefficient (Wildman–Crippen LogP) is 12.8. The van der Waals surface area contributed by atoms with E-state index < -0.39 is 0 Å². The van der Waals surface area contributed by atoms with E-state index in [9.17, 15) is 0 Å². The molecule has 1 spiro atoms. The van der Waals surface area contributed by atoms with Crippen molar-refractivity contribution in [1.82, 2.24) is 0 Å². The molecule has 8 aromatic carbocycles. The first-order chi connectivity index (χ1) is 24.6. The number of hydrogen-bond acceptors (Lipinski definition) is 0. The maximum absolute atomic E-state index is 2.45. The van der Waals surface area contributed by atoms with Gasteiger partial charge in [-0.1, -0.05) is 178 Å². The Labute approximate surface area is 293 Å². The summed E-state index contributed by atoms with van der Waals surface area (Å²) in [5, 5.41) is 2.57. The molecule has 0 N–H and O–H groups in total. The van der Waals surface area contributed by atoms with Crippen molar-refractivity contribution in [2.75, 3.05) is 0 Å². The van der Waals surface area contributed by atoms with Crippen molar-refractivity contribution in [3.05, 3.63) is 203 Å². The van der Waals surface area contributed by atoms with Gasteiger partial charge in [0, 0.05) is 5.41 Å². The molecule has 0 amide bonds. The second-order valence-electron chi connectivity index (χ2n) is 14.8. The van der Waals surface area contributed by atoms with Crippen LogP contribution in [0.3, 0.4) is 0 Å². The topological polar surface area (TPSA) is 0 Å². The van der Waals surface area contributed by atoms with Gasteiger partial charge < -0.3 is 0 Å². The molecule has 3 aliphatic rings. The Morgan fingerprint density at radius 2 is 0.740 bits per heavy atom. The molecule has 0 heteroatoms. The molecule has 0 nitrogen and oxygen atoms in total. The van der Waals surface area contributed by atoms with Gasteiger partial charge in [0.15, 0.2) is 0 Å². The monoisotopic (exact) mass is 634 g/mol. The number of fused-ring (bicyclic) bond motifs is 14. The van der Waals surface area contributed by atoms with Gasteiger partial charge in [0.2, 0.25) is 0 Å². The highest BCUT2D eigenvalue weighted by atomic mass is 14.5. The highest BCUT2D eigenvalue weighted by molar-refractivity contribution is 6.09. The maximum atomic E-state index is 2.45. The van der Waals surface area contributed by atoms with Gasteiger partial charge in [-0.25, -0.2) is 0 Å². The van der Waals surface area contributed by atoms with E-state index in [1.165, 1.54) is 99.8 Å². The van der Waals surface area contributed by atoms with Crippen molar-refractivity contribution in [3.63, 3.8) is 0 Å². The first-order valence-electron chi connectivity index (χ1n) is 17.8. The molecule has 0 unspecified atom stereocenters. The van der Waals surface area contributed by atoms with Crippen molar-refractivity contribution in [2.24, 2.45) is 0 Å². The van der Waals surface area contributed by atoms with Gasteiger partial charge in [-0.3, -0.25) is 0 Å². The highest BCUT2D eigenvalue weighted by Gasteiger charge is 2.52. The van der Waals surface area contributed by atoms with Crippen LogP contribution < -0.4 is 0 Å². The second-order valence-corrected chi connectivity index (χ2v) is 14.8. The van der Waals surface area contributed by atoms with Gasteiger partial charge in [-0.2, -0.15) is 0 Å². The summed E-state index contributed by atoms with van der Waals surface area (Å²) in [4.78, 5) is 0. The second kappa shape index (κ2) is 9.80. The molecule has 0 saturated heterocycles. The molecule has 234 valence electrons. The normalized spacial score (nSPS) is 14.9. The van der Waals surface area contributed by atoms with E-state index in [1.807, 2.05) is 0 Å². The molecule has 0 saturated carbocycles. The third-order valence-electron chi connectivity index (χ3n) is 12.1. The smallest absolute Gasteiger partial charge is 0.0619 e. The number of rotatable bonds is 2. The molecule has 3 aliphatic carbocycles. The number of hydrogen-bond donors (Lipinski definition) is 0. The van der Waals surface area contributed by atoms with Crippen LogP contribution in [0.2, 0.25) is 0 Å². The fourth-order valence-electron chi connectivity index (χ4n) is 10.0. The van der Waals surface area contributed by atoms with Crippen molar-refractivity contribution in [3.8, 4) is 55.6 Å². The van der Waals surface area contributed by atoms with Crippen LogP contribution in [-0.4, -0.2) is 0 Å². The van der Waals surface area contributed by atoms with Crippen LogP contribution in [0.5, 0.6) is 0 Å². The SMILES string of the molecule is CC1(C)c2ccccc2-c2ccc(-c3ccc(-c4cccc5c4-c4ccccc4C54c5ccccc5-c5ccccc54)c4ccccc34)cc21. The number of benzene rings is 8. The first-order valence-corrected chi connectivity index (χ1v) is 17.8. The van der Waals surface area contributed by atoms with Crippen molar-refractivity contribution < 1.29 is 0 Å². The zero-order valence-electron chi connectivity index (χ0n) is 28.2. The Balaban J connectivity index is 1.15. The molecule has 0 bridgehead atoms. The lowest BCUT2D eigenvalue weighted by Gasteiger charge is -2.30. The van der Waals surface area contributed by atoms with E-state index in [4.69, 9.17) is 0 Å². The van der Waals surface area contributed by atoms with Gasteiger partial charge in [0.05, 0.1) is 5.41 Å². The molecule has 50 heavy (non-hydrogen) atoms. The molecule has 0 atom stereocenters. The lowest BCUT2D eigenvalue weighted by atomic mass is 9.70. The summed E-state index contributed by atoms with van der Waals surface area (Å²) in [7, 11) is 0. The minimum absolute atomic E-state index is 0.0386. The Bertz CT molecular complexity index is 2690. The fraction of sp³-hybridized carbons (Fsp3) is 0.0800. The molecule has 0 aliphatic heterocycles. The summed E-state index contributed by atoms with van der Waals surface area (Å²) in [5.74, 6) is 0. The third-order valence-corrected chi connectivity index (χ3v) is 12.1. The standard InChI is InChI=1S/C50H34/c1-49(2)42-21-9-5-16-36(42)39-27-26-31(30-47(39)49)32-28-29-35(34-15-4-3-14-33(32)34)40-20-13-25-46-48(40)41-19-8-12-24-45(41)50(46)43-22-10-6-17-37(43)38-18-7-11-23-44(38)50/h3-30H,1-2H3. The van der Waals surface area contributed by atoms with Crippen LogP contribution in [0.1, 0.15) is 47.2 Å². The molecule has 8 aromatic rings. The van der Waals surface area contributed by atoms with E-state index in [-0.39, 0.29) is 10.8 Å². The van der Waals surface area contributed by atoms with Gasteiger partial charge in [0.1, 0.15) is 0 Å². The van der Waals surface area contributed by atoms with E-state index in [0.717, 1.165) is 0 Å². The van der Waals surface area contributed by atoms with Gasteiger partial charge in [-0.05, 0) is 106 Å². The lowest BCUT2D eigenvalue weighted by Crippen LogP contribution is -2.25. The van der Waals surface area contributed by atoms with Crippen LogP contribution in [-0.2, 0) is 10.8 Å². The Morgan fingerprint density at radius 3 is 1.42 bits per heavy atom. The summed E-state index contributed by atoms with van der Waals surface area (Å²) in [6.45, 7) is 4.73. The molecule has 0 aromatic heterocycles. The summed E-state index contributed by atoms with van der Waals surface area (Å²) >= 11 is 0. The minimum Gasteiger partial charge on any atom is -0.0619 e. The van der Waals surface area contributed by atoms with Gasteiger partial charge in [-0.15, -0.1) is 0 Å². The van der Waals surface area contributed by atoms with Crippen molar-refractivity contribution >= 4 is 10.8 Å². The summed E-state index contributed by atoms with van der Waals surface area (Å²) in [5.41, 5.74) is 21.2. The predicted molar refractivity (Wildman–Crippen MR) is 209 cm³/mol. The zero-order chi connectivity index (χ0) is 33.2. The minimum atomic E-state index is -0.348. The third kappa shape index (κ3) is 3.36. The first kappa shape index (κ1) is 27.9. The van der Waals surface area contributed by atoms with E-state index >= 15 is 0 Å².